The van der Waals surface area contributed by atoms with E-state index in [1.807, 2.05) is 26.0 Å². The number of morpholine rings is 1. The van der Waals surface area contributed by atoms with Gasteiger partial charge in [-0.3, -0.25) is 19.3 Å². The molecule has 0 radical (unpaired) electrons. The lowest BCUT2D eigenvalue weighted by atomic mass is 9.95. The number of fused-ring (bicyclic) bond motifs is 3. The molecule has 0 N–H and O–H groups in total. The van der Waals surface area contributed by atoms with Crippen LogP contribution in [0.4, 0.5) is 11.4 Å². The predicted molar refractivity (Wildman–Crippen MR) is 118 cm³/mol. The van der Waals surface area contributed by atoms with E-state index in [2.05, 4.69) is 4.90 Å². The highest BCUT2D eigenvalue weighted by atomic mass is 16.5. The van der Waals surface area contributed by atoms with Crippen LogP contribution < -0.4 is 9.80 Å². The molecule has 3 amide bonds. The number of rotatable bonds is 5. The zero-order chi connectivity index (χ0) is 22.0. The van der Waals surface area contributed by atoms with Crippen LogP contribution in [0.15, 0.2) is 18.2 Å². The number of piperidine rings is 1. The van der Waals surface area contributed by atoms with E-state index >= 15 is 0 Å². The maximum Gasteiger partial charge on any atom is 0.253 e. The van der Waals surface area contributed by atoms with Crippen molar-refractivity contribution in [1.29, 1.82) is 0 Å². The van der Waals surface area contributed by atoms with E-state index in [9.17, 15) is 14.4 Å². The summed E-state index contributed by atoms with van der Waals surface area (Å²) in [6.07, 6.45) is 2.84. The van der Waals surface area contributed by atoms with Crippen LogP contribution >= 0.6 is 0 Å². The van der Waals surface area contributed by atoms with E-state index in [4.69, 9.17) is 4.74 Å². The first-order valence-electron chi connectivity index (χ1n) is 11.4. The summed E-state index contributed by atoms with van der Waals surface area (Å²) in [6, 6.07) is 5.36. The van der Waals surface area contributed by atoms with Crippen molar-refractivity contribution < 1.29 is 19.1 Å². The van der Waals surface area contributed by atoms with E-state index in [0.29, 0.717) is 50.6 Å². The van der Waals surface area contributed by atoms with Crippen molar-refractivity contribution >= 4 is 29.1 Å². The summed E-state index contributed by atoms with van der Waals surface area (Å²) in [5.74, 6) is -0.172. The van der Waals surface area contributed by atoms with Crippen LogP contribution in [-0.4, -0.2) is 86.0 Å². The molecule has 0 aromatic heterocycles. The monoisotopic (exact) mass is 428 g/mol. The van der Waals surface area contributed by atoms with E-state index in [-0.39, 0.29) is 30.3 Å². The average molecular weight is 429 g/mol. The molecular weight excluding hydrogens is 396 g/mol. The summed E-state index contributed by atoms with van der Waals surface area (Å²) in [4.78, 5) is 46.7. The number of hydrogen-bond acceptors (Lipinski definition) is 5. The third-order valence-electron chi connectivity index (χ3n) is 6.58. The largest absolute Gasteiger partial charge is 0.378 e. The number of carbonyl (C=O) groups excluding carboxylic acids is 3. The maximum absolute atomic E-state index is 13.5. The fourth-order valence-electron chi connectivity index (χ4n) is 4.80. The minimum atomic E-state index is -0.233. The molecule has 1 aromatic carbocycles. The van der Waals surface area contributed by atoms with E-state index in [1.165, 1.54) is 0 Å². The van der Waals surface area contributed by atoms with Gasteiger partial charge in [-0.25, -0.2) is 0 Å². The number of hydrogen-bond donors (Lipinski definition) is 0. The number of nitrogens with zero attached hydrogens (tertiary/aromatic N) is 4. The van der Waals surface area contributed by atoms with Crippen LogP contribution in [0.5, 0.6) is 0 Å². The van der Waals surface area contributed by atoms with Crippen LogP contribution in [0.3, 0.4) is 0 Å². The summed E-state index contributed by atoms with van der Waals surface area (Å²) in [7, 11) is 0. The summed E-state index contributed by atoms with van der Waals surface area (Å²) >= 11 is 0. The van der Waals surface area contributed by atoms with Crippen molar-refractivity contribution in [1.82, 2.24) is 9.80 Å². The smallest absolute Gasteiger partial charge is 0.253 e. The molecule has 0 bridgehead atoms. The van der Waals surface area contributed by atoms with Crippen LogP contribution in [0.1, 0.15) is 43.5 Å². The van der Waals surface area contributed by atoms with Gasteiger partial charge in [-0.2, -0.15) is 0 Å². The Morgan fingerprint density at radius 1 is 1.06 bits per heavy atom. The number of anilines is 2. The highest BCUT2D eigenvalue weighted by Crippen LogP contribution is 2.40. The first-order chi connectivity index (χ1) is 15.0. The van der Waals surface area contributed by atoms with Gasteiger partial charge in [0.2, 0.25) is 11.8 Å². The van der Waals surface area contributed by atoms with Gasteiger partial charge in [-0.1, -0.05) is 0 Å². The number of ether oxygens (including phenoxy) is 1. The molecule has 4 rings (SSSR count). The molecule has 2 fully saturated rings. The van der Waals surface area contributed by atoms with Gasteiger partial charge in [0.25, 0.3) is 5.91 Å². The first-order valence-corrected chi connectivity index (χ1v) is 11.4. The molecule has 0 unspecified atom stereocenters. The standard InChI is InChI=1S/C23H32N4O4/c1-3-24(4-2)22(29)17-8-9-18-20(15-17)27(16-21(28)25-11-13-31-14-12-25)23(30)19-7-5-6-10-26(18)19/h8-9,15,19H,3-7,10-14,16H2,1-2H3/t19-/m1/s1. The molecule has 2 saturated heterocycles. The second-order valence-corrected chi connectivity index (χ2v) is 8.30. The molecule has 3 aliphatic heterocycles. The molecule has 0 aliphatic carbocycles. The Morgan fingerprint density at radius 3 is 2.52 bits per heavy atom. The van der Waals surface area contributed by atoms with Crippen molar-refractivity contribution in [3.8, 4) is 0 Å². The molecular formula is C23H32N4O4. The summed E-state index contributed by atoms with van der Waals surface area (Å²) in [5, 5.41) is 0. The average Bonchev–Trinajstić information content (AvgIpc) is 2.82. The van der Waals surface area contributed by atoms with Crippen molar-refractivity contribution in [3.05, 3.63) is 23.8 Å². The van der Waals surface area contributed by atoms with Crippen LogP contribution in [-0.2, 0) is 14.3 Å². The zero-order valence-electron chi connectivity index (χ0n) is 18.5. The fourth-order valence-corrected chi connectivity index (χ4v) is 4.80. The fraction of sp³-hybridized carbons (Fsp3) is 0.609. The second-order valence-electron chi connectivity index (χ2n) is 8.30. The van der Waals surface area contributed by atoms with Gasteiger partial charge in [-0.05, 0) is 51.3 Å². The Balaban J connectivity index is 1.68. The molecule has 168 valence electrons. The number of amides is 3. The highest BCUT2D eigenvalue weighted by molar-refractivity contribution is 6.09. The number of carbonyl (C=O) groups is 3. The minimum Gasteiger partial charge on any atom is -0.378 e. The van der Waals surface area contributed by atoms with E-state index in [1.54, 1.807) is 20.8 Å². The summed E-state index contributed by atoms with van der Waals surface area (Å²) in [6.45, 7) is 8.11. The van der Waals surface area contributed by atoms with Crippen molar-refractivity contribution in [2.45, 2.75) is 39.2 Å². The molecule has 3 heterocycles. The van der Waals surface area contributed by atoms with Gasteiger partial charge in [0, 0.05) is 38.3 Å². The lowest BCUT2D eigenvalue weighted by Crippen LogP contribution is -2.57. The Morgan fingerprint density at radius 2 is 1.81 bits per heavy atom. The van der Waals surface area contributed by atoms with Gasteiger partial charge < -0.3 is 19.4 Å². The molecule has 1 aromatic rings. The van der Waals surface area contributed by atoms with Gasteiger partial charge in [0.05, 0.1) is 24.6 Å². The molecule has 3 aliphatic rings. The van der Waals surface area contributed by atoms with E-state index in [0.717, 1.165) is 31.5 Å². The van der Waals surface area contributed by atoms with Gasteiger partial charge >= 0.3 is 0 Å². The summed E-state index contributed by atoms with van der Waals surface area (Å²) < 4.78 is 5.35. The van der Waals surface area contributed by atoms with Crippen molar-refractivity contribution in [3.63, 3.8) is 0 Å². The Hall–Kier alpha value is -2.61. The van der Waals surface area contributed by atoms with Crippen molar-refractivity contribution in [2.75, 3.05) is 62.3 Å². The quantitative estimate of drug-likeness (QED) is 0.714. The van der Waals surface area contributed by atoms with E-state index < -0.39 is 0 Å². The minimum absolute atomic E-state index is 0.000906. The van der Waals surface area contributed by atoms with Crippen molar-refractivity contribution in [2.24, 2.45) is 0 Å². The molecule has 0 saturated carbocycles. The summed E-state index contributed by atoms with van der Waals surface area (Å²) in [5.41, 5.74) is 2.16. The lowest BCUT2D eigenvalue weighted by molar-refractivity contribution is -0.135. The first kappa shape index (κ1) is 21.6. The third-order valence-corrected chi connectivity index (χ3v) is 6.58. The second kappa shape index (κ2) is 9.26. The van der Waals surface area contributed by atoms with Gasteiger partial charge in [0.15, 0.2) is 0 Å². The molecule has 8 heteroatoms. The Bertz CT molecular complexity index is 848. The third kappa shape index (κ3) is 4.13. The maximum atomic E-state index is 13.5. The highest BCUT2D eigenvalue weighted by Gasteiger charge is 2.40. The lowest BCUT2D eigenvalue weighted by Gasteiger charge is -2.45. The molecule has 0 spiro atoms. The van der Waals surface area contributed by atoms with Gasteiger partial charge in [-0.15, -0.1) is 0 Å². The van der Waals surface area contributed by atoms with Gasteiger partial charge in [0.1, 0.15) is 12.6 Å². The zero-order valence-corrected chi connectivity index (χ0v) is 18.5. The Labute approximate surface area is 183 Å². The molecule has 31 heavy (non-hydrogen) atoms. The van der Waals surface area contributed by atoms with Crippen LogP contribution in [0.2, 0.25) is 0 Å². The normalized spacial score (nSPS) is 20.9. The van der Waals surface area contributed by atoms with Crippen LogP contribution in [0, 0.1) is 0 Å². The van der Waals surface area contributed by atoms with Crippen LogP contribution in [0.25, 0.3) is 0 Å². The predicted octanol–water partition coefficient (Wildman–Crippen LogP) is 1.73. The SMILES string of the molecule is CCN(CC)C(=O)c1ccc2c(c1)N(CC(=O)N1CCOCC1)C(=O)[C@H]1CCCCN21. The topological polar surface area (TPSA) is 73.4 Å². The number of benzene rings is 1. The Kier molecular flexibility index (Phi) is 6.46. The molecule has 1 atom stereocenters. The molecule has 8 nitrogen and oxygen atoms in total.